The van der Waals surface area contributed by atoms with Gasteiger partial charge >= 0.3 is 5.97 Å². The molecule has 0 heterocycles. The first kappa shape index (κ1) is 14.5. The van der Waals surface area contributed by atoms with E-state index in [9.17, 15) is 14.7 Å². The molecule has 0 aliphatic heterocycles. The summed E-state index contributed by atoms with van der Waals surface area (Å²) in [7, 11) is 0. The van der Waals surface area contributed by atoms with Gasteiger partial charge in [0, 0.05) is 17.5 Å². The first-order valence-electron chi connectivity index (χ1n) is 6.47. The molecule has 2 N–H and O–H groups in total. The third-order valence-electron chi connectivity index (χ3n) is 3.17. The van der Waals surface area contributed by atoms with Crippen LogP contribution in [0.3, 0.4) is 0 Å². The second kappa shape index (κ2) is 6.06. The predicted molar refractivity (Wildman–Crippen MR) is 78.0 cm³/mol. The number of amides is 1. The summed E-state index contributed by atoms with van der Waals surface area (Å²) in [4.78, 5) is 23.6. The van der Waals surface area contributed by atoms with E-state index in [0.29, 0.717) is 16.3 Å². The molecule has 5 nitrogen and oxygen atoms in total. The molecule has 1 unspecified atom stereocenters. The monoisotopic (exact) mass is 282 g/mol. The molecule has 5 heteroatoms. The molecule has 0 spiro atoms. The fourth-order valence-electron chi connectivity index (χ4n) is 2.10. The van der Waals surface area contributed by atoms with Gasteiger partial charge in [-0.15, -0.1) is 0 Å². The van der Waals surface area contributed by atoms with Crippen LogP contribution < -0.4 is 5.32 Å². The molecule has 2 aromatic rings. The molecule has 2 rings (SSSR count). The minimum absolute atomic E-state index is 0.0894. The lowest BCUT2D eigenvalue weighted by Crippen LogP contribution is -2.28. The lowest BCUT2D eigenvalue weighted by molar-refractivity contribution is 0.0699. The number of aromatic carboxylic acids is 1. The fourth-order valence-corrected chi connectivity index (χ4v) is 2.10. The average molecular weight is 282 g/mol. The molecule has 0 radical (unpaired) electrons. The van der Waals surface area contributed by atoms with Gasteiger partial charge in [-0.2, -0.15) is 5.26 Å². The van der Waals surface area contributed by atoms with Crippen molar-refractivity contribution in [2.24, 2.45) is 5.92 Å². The second-order valence-electron chi connectivity index (χ2n) is 4.75. The molecule has 0 aromatic heterocycles. The van der Waals surface area contributed by atoms with E-state index in [2.05, 4.69) is 5.32 Å². The molecule has 0 aliphatic rings. The number of benzene rings is 2. The number of carboxylic acid groups (broad SMARTS) is 1. The van der Waals surface area contributed by atoms with Crippen LogP contribution >= 0.6 is 0 Å². The van der Waals surface area contributed by atoms with Crippen molar-refractivity contribution in [3.05, 3.63) is 47.5 Å². The molecule has 0 aliphatic carbocycles. The Morgan fingerprint density at radius 2 is 1.86 bits per heavy atom. The van der Waals surface area contributed by atoms with Crippen LogP contribution in [0.2, 0.25) is 0 Å². The Balaban J connectivity index is 2.47. The third-order valence-corrected chi connectivity index (χ3v) is 3.17. The van der Waals surface area contributed by atoms with Crippen molar-refractivity contribution in [2.75, 3.05) is 6.54 Å². The van der Waals surface area contributed by atoms with Crippen LogP contribution in [0.4, 0.5) is 0 Å². The van der Waals surface area contributed by atoms with Gasteiger partial charge in [-0.25, -0.2) is 4.79 Å². The van der Waals surface area contributed by atoms with E-state index in [0.717, 1.165) is 0 Å². The predicted octanol–water partition coefficient (Wildman–Crippen LogP) is 2.43. The number of carbonyl (C=O) groups is 2. The number of hydrogen-bond donors (Lipinski definition) is 2. The normalized spacial score (nSPS) is 11.6. The molecule has 1 atom stereocenters. The van der Waals surface area contributed by atoms with Crippen LogP contribution in [0, 0.1) is 17.2 Å². The van der Waals surface area contributed by atoms with Crippen molar-refractivity contribution < 1.29 is 14.7 Å². The van der Waals surface area contributed by atoms with Gasteiger partial charge in [-0.1, -0.05) is 24.3 Å². The highest BCUT2D eigenvalue weighted by Crippen LogP contribution is 2.23. The minimum Gasteiger partial charge on any atom is -0.478 e. The average Bonchev–Trinajstić information content (AvgIpc) is 2.50. The highest BCUT2D eigenvalue weighted by Gasteiger charge is 2.16. The maximum absolute atomic E-state index is 12.2. The summed E-state index contributed by atoms with van der Waals surface area (Å²) in [6.07, 6.45) is 0. The summed E-state index contributed by atoms with van der Waals surface area (Å²) in [5, 5.41) is 21.8. The number of nitrogens with zero attached hydrogens (tertiary/aromatic N) is 1. The van der Waals surface area contributed by atoms with E-state index in [4.69, 9.17) is 5.26 Å². The van der Waals surface area contributed by atoms with E-state index in [1.165, 1.54) is 6.07 Å². The van der Waals surface area contributed by atoms with Gasteiger partial charge in [-0.3, -0.25) is 4.79 Å². The Bertz CT molecular complexity index is 742. The molecule has 0 bridgehead atoms. The number of nitriles is 1. The summed E-state index contributed by atoms with van der Waals surface area (Å²) >= 11 is 0. The first-order valence-corrected chi connectivity index (χ1v) is 6.47. The zero-order valence-electron chi connectivity index (χ0n) is 11.5. The molecule has 21 heavy (non-hydrogen) atoms. The van der Waals surface area contributed by atoms with Crippen molar-refractivity contribution >= 4 is 22.6 Å². The molecular weight excluding hydrogens is 268 g/mol. The zero-order valence-corrected chi connectivity index (χ0v) is 11.5. The van der Waals surface area contributed by atoms with E-state index in [1.54, 1.807) is 37.3 Å². The van der Waals surface area contributed by atoms with Gasteiger partial charge in [0.1, 0.15) is 0 Å². The van der Waals surface area contributed by atoms with E-state index in [1.807, 2.05) is 6.07 Å². The van der Waals surface area contributed by atoms with Crippen LogP contribution in [0.5, 0.6) is 0 Å². The lowest BCUT2D eigenvalue weighted by atomic mass is 9.98. The van der Waals surface area contributed by atoms with Crippen molar-refractivity contribution in [3.63, 3.8) is 0 Å². The number of rotatable bonds is 4. The smallest absolute Gasteiger partial charge is 0.336 e. The summed E-state index contributed by atoms with van der Waals surface area (Å²) in [6.45, 7) is 1.92. The van der Waals surface area contributed by atoms with Crippen LogP contribution in [0.1, 0.15) is 27.6 Å². The first-order chi connectivity index (χ1) is 10.0. The molecule has 0 fully saturated rings. The largest absolute Gasteiger partial charge is 0.478 e. The molecule has 2 aromatic carbocycles. The standard InChI is InChI=1S/C16H14N2O3/c1-10(8-17)9-18-15(19)12-6-2-4-11-5-3-7-13(14(11)12)16(20)21/h2-7,10H,9H2,1H3,(H,18,19)(H,20,21). The van der Waals surface area contributed by atoms with Crippen molar-refractivity contribution in [2.45, 2.75) is 6.92 Å². The quantitative estimate of drug-likeness (QED) is 0.901. The van der Waals surface area contributed by atoms with Gasteiger partial charge in [0.2, 0.25) is 0 Å². The van der Waals surface area contributed by atoms with Crippen LogP contribution in [0.15, 0.2) is 36.4 Å². The van der Waals surface area contributed by atoms with E-state index < -0.39 is 5.97 Å². The van der Waals surface area contributed by atoms with E-state index >= 15 is 0 Å². The number of nitrogens with one attached hydrogen (secondary N) is 1. The molecule has 106 valence electrons. The molecular formula is C16H14N2O3. The topological polar surface area (TPSA) is 90.2 Å². The van der Waals surface area contributed by atoms with Crippen molar-refractivity contribution in [1.29, 1.82) is 5.26 Å². The Hall–Kier alpha value is -2.87. The van der Waals surface area contributed by atoms with Crippen molar-refractivity contribution in [3.8, 4) is 6.07 Å². The minimum atomic E-state index is -1.08. The summed E-state index contributed by atoms with van der Waals surface area (Å²) in [5.41, 5.74) is 0.391. The Morgan fingerprint density at radius 1 is 1.24 bits per heavy atom. The van der Waals surface area contributed by atoms with Crippen LogP contribution in [-0.2, 0) is 0 Å². The SMILES string of the molecule is CC(C#N)CNC(=O)c1cccc2cccc(C(=O)O)c12. The second-order valence-corrected chi connectivity index (χ2v) is 4.75. The molecule has 0 saturated heterocycles. The maximum atomic E-state index is 12.2. The Labute approximate surface area is 121 Å². The number of fused-ring (bicyclic) bond motifs is 1. The summed E-state index contributed by atoms with van der Waals surface area (Å²) < 4.78 is 0. The lowest BCUT2D eigenvalue weighted by Gasteiger charge is -2.10. The molecule has 1 amide bonds. The van der Waals surface area contributed by atoms with E-state index in [-0.39, 0.29) is 23.9 Å². The highest BCUT2D eigenvalue weighted by atomic mass is 16.4. The van der Waals surface area contributed by atoms with Gasteiger partial charge in [0.05, 0.1) is 17.6 Å². The zero-order chi connectivity index (χ0) is 15.4. The third kappa shape index (κ3) is 3.00. The molecule has 0 saturated carbocycles. The number of carbonyl (C=O) groups excluding carboxylic acids is 1. The van der Waals surface area contributed by atoms with Crippen LogP contribution in [-0.4, -0.2) is 23.5 Å². The van der Waals surface area contributed by atoms with Crippen LogP contribution in [0.25, 0.3) is 10.8 Å². The van der Waals surface area contributed by atoms with Gasteiger partial charge in [0.15, 0.2) is 0 Å². The maximum Gasteiger partial charge on any atom is 0.336 e. The highest BCUT2D eigenvalue weighted by molar-refractivity contribution is 6.14. The Morgan fingerprint density at radius 3 is 2.43 bits per heavy atom. The fraction of sp³-hybridized carbons (Fsp3) is 0.188. The summed E-state index contributed by atoms with van der Waals surface area (Å²) in [6, 6.07) is 12.0. The van der Waals surface area contributed by atoms with Gasteiger partial charge in [-0.05, 0) is 24.4 Å². The number of hydrogen-bond acceptors (Lipinski definition) is 3. The van der Waals surface area contributed by atoms with Crippen molar-refractivity contribution in [1.82, 2.24) is 5.32 Å². The number of carboxylic acids is 1. The Kier molecular flexibility index (Phi) is 4.19. The van der Waals surface area contributed by atoms with Gasteiger partial charge in [0.25, 0.3) is 5.91 Å². The summed E-state index contributed by atoms with van der Waals surface area (Å²) in [5.74, 6) is -1.76. The van der Waals surface area contributed by atoms with Gasteiger partial charge < -0.3 is 10.4 Å².